The lowest BCUT2D eigenvalue weighted by atomic mass is 9.86. The van der Waals surface area contributed by atoms with Crippen molar-refractivity contribution in [3.05, 3.63) is 18.5 Å². The second-order valence-corrected chi connectivity index (χ2v) is 7.87. The standard InChI is InChI=1S/C19H30N6O2/c1-15-3-5-19(6-4-15)26-14-16(27-19)13-23-17(20)24-9-11-25(12-10-24)18-21-7-2-8-22-18/h2,7-8,15-16H,3-6,9-14H2,1H3,(H2,20,23). The fraction of sp³-hybridized carbons (Fsp3) is 0.737. The van der Waals surface area contributed by atoms with Crippen LogP contribution in [-0.4, -0.2) is 72.0 Å². The zero-order valence-electron chi connectivity index (χ0n) is 16.1. The molecule has 3 heterocycles. The summed E-state index contributed by atoms with van der Waals surface area (Å²) in [7, 11) is 0. The topological polar surface area (TPSA) is 89.1 Å². The Morgan fingerprint density at radius 2 is 1.93 bits per heavy atom. The lowest BCUT2D eigenvalue weighted by molar-refractivity contribution is -0.190. The summed E-state index contributed by atoms with van der Waals surface area (Å²) in [6, 6.07) is 1.83. The Morgan fingerprint density at radius 3 is 2.63 bits per heavy atom. The van der Waals surface area contributed by atoms with E-state index >= 15 is 0 Å². The van der Waals surface area contributed by atoms with Gasteiger partial charge in [-0.25, -0.2) is 9.97 Å². The monoisotopic (exact) mass is 374 g/mol. The molecule has 1 aromatic rings. The van der Waals surface area contributed by atoms with E-state index < -0.39 is 0 Å². The zero-order valence-corrected chi connectivity index (χ0v) is 16.1. The Morgan fingerprint density at radius 1 is 1.22 bits per heavy atom. The number of guanidine groups is 1. The maximum absolute atomic E-state index is 6.23. The first-order valence-corrected chi connectivity index (χ1v) is 10.0. The van der Waals surface area contributed by atoms with Crippen molar-refractivity contribution in [3.8, 4) is 0 Å². The molecule has 0 amide bonds. The second-order valence-electron chi connectivity index (χ2n) is 7.87. The number of hydrogen-bond donors (Lipinski definition) is 1. The van der Waals surface area contributed by atoms with Gasteiger partial charge in [0, 0.05) is 51.4 Å². The van der Waals surface area contributed by atoms with Crippen LogP contribution in [-0.2, 0) is 9.47 Å². The van der Waals surface area contributed by atoms with Crippen LogP contribution in [0.5, 0.6) is 0 Å². The molecule has 2 aliphatic heterocycles. The molecule has 4 rings (SSSR count). The van der Waals surface area contributed by atoms with Crippen LogP contribution in [0.3, 0.4) is 0 Å². The van der Waals surface area contributed by atoms with Crippen molar-refractivity contribution in [3.63, 3.8) is 0 Å². The maximum atomic E-state index is 6.23. The molecule has 3 aliphatic rings. The minimum Gasteiger partial charge on any atom is -0.370 e. The Labute approximate surface area is 160 Å². The van der Waals surface area contributed by atoms with Crippen LogP contribution in [0, 0.1) is 5.92 Å². The van der Waals surface area contributed by atoms with Gasteiger partial charge in [-0.1, -0.05) is 6.92 Å². The third kappa shape index (κ3) is 4.32. The molecule has 2 N–H and O–H groups in total. The van der Waals surface area contributed by atoms with Gasteiger partial charge in [0.15, 0.2) is 11.7 Å². The predicted octanol–water partition coefficient (Wildman–Crippen LogP) is 1.24. The number of anilines is 1. The van der Waals surface area contributed by atoms with Gasteiger partial charge in [0.25, 0.3) is 0 Å². The predicted molar refractivity (Wildman–Crippen MR) is 103 cm³/mol. The van der Waals surface area contributed by atoms with Gasteiger partial charge >= 0.3 is 0 Å². The maximum Gasteiger partial charge on any atom is 0.225 e. The zero-order chi connectivity index (χ0) is 18.7. The first kappa shape index (κ1) is 18.4. The van der Waals surface area contributed by atoms with Crippen LogP contribution < -0.4 is 10.6 Å². The first-order chi connectivity index (χ1) is 13.1. The summed E-state index contributed by atoms with van der Waals surface area (Å²) >= 11 is 0. The molecule has 148 valence electrons. The molecule has 3 fully saturated rings. The number of aliphatic imine (C=N–C) groups is 1. The normalized spacial score (nSPS) is 32.3. The molecule has 0 radical (unpaired) electrons. The fourth-order valence-electron chi connectivity index (χ4n) is 4.06. The van der Waals surface area contributed by atoms with Crippen LogP contribution in [0.1, 0.15) is 32.6 Å². The van der Waals surface area contributed by atoms with E-state index in [2.05, 4.69) is 31.7 Å². The van der Waals surface area contributed by atoms with Gasteiger partial charge in [-0.2, -0.15) is 0 Å². The van der Waals surface area contributed by atoms with Gasteiger partial charge < -0.3 is 25.0 Å². The van der Waals surface area contributed by atoms with Crippen molar-refractivity contribution in [2.45, 2.75) is 44.5 Å². The molecule has 8 nitrogen and oxygen atoms in total. The van der Waals surface area contributed by atoms with Gasteiger partial charge in [0.2, 0.25) is 5.95 Å². The molecule has 27 heavy (non-hydrogen) atoms. The van der Waals surface area contributed by atoms with Crippen molar-refractivity contribution in [1.82, 2.24) is 14.9 Å². The highest BCUT2D eigenvalue weighted by molar-refractivity contribution is 5.78. The van der Waals surface area contributed by atoms with Crippen molar-refractivity contribution in [2.24, 2.45) is 16.6 Å². The molecular weight excluding hydrogens is 344 g/mol. The summed E-state index contributed by atoms with van der Waals surface area (Å²) in [5, 5.41) is 0. The van der Waals surface area contributed by atoms with E-state index in [1.54, 1.807) is 12.4 Å². The molecule has 1 aromatic heterocycles. The quantitative estimate of drug-likeness (QED) is 0.629. The van der Waals surface area contributed by atoms with Crippen molar-refractivity contribution in [2.75, 3.05) is 44.2 Å². The van der Waals surface area contributed by atoms with Gasteiger partial charge in [-0.05, 0) is 24.8 Å². The Kier molecular flexibility index (Phi) is 5.45. The van der Waals surface area contributed by atoms with Crippen LogP contribution in [0.15, 0.2) is 23.5 Å². The molecule has 1 unspecified atom stereocenters. The SMILES string of the molecule is CC1CCC2(CC1)OCC(CN=C(N)N1CCN(c3ncccn3)CC1)O2. The molecular formula is C19H30N6O2. The number of rotatable bonds is 3. The molecule has 1 atom stereocenters. The number of nitrogens with two attached hydrogens (primary N) is 1. The van der Waals surface area contributed by atoms with Gasteiger partial charge in [0.05, 0.1) is 13.2 Å². The Balaban J connectivity index is 1.25. The third-order valence-corrected chi connectivity index (χ3v) is 5.85. The summed E-state index contributed by atoms with van der Waals surface area (Å²) in [4.78, 5) is 17.5. The molecule has 1 saturated carbocycles. The van der Waals surface area contributed by atoms with E-state index in [9.17, 15) is 0 Å². The lowest BCUT2D eigenvalue weighted by Gasteiger charge is -2.35. The molecule has 8 heteroatoms. The highest BCUT2D eigenvalue weighted by atomic mass is 16.7. The van der Waals surface area contributed by atoms with Crippen LogP contribution in [0.4, 0.5) is 5.95 Å². The van der Waals surface area contributed by atoms with E-state index in [0.29, 0.717) is 19.1 Å². The van der Waals surface area contributed by atoms with Gasteiger partial charge in [-0.3, -0.25) is 4.99 Å². The Bertz CT molecular complexity index is 639. The molecule has 0 bridgehead atoms. The number of ether oxygens (including phenoxy) is 2. The summed E-state index contributed by atoms with van der Waals surface area (Å²) in [6.07, 6.45) is 7.89. The molecule has 1 aliphatic carbocycles. The molecule has 0 aromatic carbocycles. The van der Waals surface area contributed by atoms with Crippen LogP contribution in [0.25, 0.3) is 0 Å². The smallest absolute Gasteiger partial charge is 0.225 e. The summed E-state index contributed by atoms with van der Waals surface area (Å²) in [6.45, 7) is 6.79. The van der Waals surface area contributed by atoms with Crippen LogP contribution >= 0.6 is 0 Å². The Hall–Kier alpha value is -1.93. The van der Waals surface area contributed by atoms with E-state index in [4.69, 9.17) is 15.2 Å². The fourth-order valence-corrected chi connectivity index (χ4v) is 4.06. The summed E-state index contributed by atoms with van der Waals surface area (Å²) in [5.74, 6) is 1.78. The van der Waals surface area contributed by atoms with E-state index in [0.717, 1.165) is 50.9 Å². The van der Waals surface area contributed by atoms with Gasteiger partial charge in [-0.15, -0.1) is 0 Å². The average Bonchev–Trinajstić information content (AvgIpc) is 3.12. The molecule has 1 spiro atoms. The van der Waals surface area contributed by atoms with E-state index in [1.165, 1.54) is 12.8 Å². The highest BCUT2D eigenvalue weighted by Gasteiger charge is 2.43. The summed E-state index contributed by atoms with van der Waals surface area (Å²) < 4.78 is 12.2. The number of aromatic nitrogens is 2. The first-order valence-electron chi connectivity index (χ1n) is 10.0. The van der Waals surface area contributed by atoms with E-state index in [1.807, 2.05) is 6.07 Å². The number of hydrogen-bond acceptors (Lipinski definition) is 6. The number of piperazine rings is 1. The largest absolute Gasteiger partial charge is 0.370 e. The average molecular weight is 374 g/mol. The summed E-state index contributed by atoms with van der Waals surface area (Å²) in [5.41, 5.74) is 6.23. The van der Waals surface area contributed by atoms with Crippen molar-refractivity contribution in [1.29, 1.82) is 0 Å². The molecule has 2 saturated heterocycles. The minimum atomic E-state index is -0.358. The van der Waals surface area contributed by atoms with E-state index in [-0.39, 0.29) is 11.9 Å². The van der Waals surface area contributed by atoms with Crippen molar-refractivity contribution < 1.29 is 9.47 Å². The highest BCUT2D eigenvalue weighted by Crippen LogP contribution is 2.39. The lowest BCUT2D eigenvalue weighted by Crippen LogP contribution is -2.51. The minimum absolute atomic E-state index is 0.0102. The second kappa shape index (κ2) is 7.98. The van der Waals surface area contributed by atoms with Gasteiger partial charge in [0.1, 0.15) is 6.10 Å². The van der Waals surface area contributed by atoms with Crippen LogP contribution in [0.2, 0.25) is 0 Å². The number of nitrogens with zero attached hydrogens (tertiary/aromatic N) is 5. The third-order valence-electron chi connectivity index (χ3n) is 5.85. The van der Waals surface area contributed by atoms with Crippen molar-refractivity contribution >= 4 is 11.9 Å².